The van der Waals surface area contributed by atoms with Crippen LogP contribution in [0.5, 0.6) is 0 Å². The molecule has 2 heterocycles. The molecule has 0 saturated heterocycles. The number of H-pyrrole nitrogens is 1. The number of hydrogen-bond acceptors (Lipinski definition) is 5. The van der Waals surface area contributed by atoms with Crippen LogP contribution in [0.3, 0.4) is 0 Å². The zero-order valence-electron chi connectivity index (χ0n) is 12.2. The Morgan fingerprint density at radius 3 is 2.81 bits per heavy atom. The predicted molar refractivity (Wildman–Crippen MR) is 74.7 cm³/mol. The van der Waals surface area contributed by atoms with E-state index < -0.39 is 22.8 Å². The molecule has 1 aliphatic rings. The monoisotopic (exact) mass is 294 g/mol. The van der Waals surface area contributed by atoms with E-state index in [1.54, 1.807) is 26.8 Å². The molecule has 0 saturated carbocycles. The molecule has 0 aliphatic carbocycles. The zero-order chi connectivity index (χ0) is 15.6. The van der Waals surface area contributed by atoms with Gasteiger partial charge in [0.05, 0.1) is 6.54 Å². The van der Waals surface area contributed by atoms with Crippen molar-refractivity contribution in [2.75, 3.05) is 0 Å². The summed E-state index contributed by atoms with van der Waals surface area (Å²) in [7, 11) is 0. The van der Waals surface area contributed by atoms with Gasteiger partial charge in [-0.1, -0.05) is 0 Å². The lowest BCUT2D eigenvalue weighted by molar-refractivity contribution is -0.154. The molecular weight excluding hydrogens is 276 g/mol. The van der Waals surface area contributed by atoms with Gasteiger partial charge in [-0.25, -0.2) is 9.59 Å². The number of ether oxygens (including phenoxy) is 2. The van der Waals surface area contributed by atoms with Gasteiger partial charge in [0.2, 0.25) is 5.76 Å². The highest BCUT2D eigenvalue weighted by Crippen LogP contribution is 2.21. The molecule has 0 amide bonds. The van der Waals surface area contributed by atoms with Gasteiger partial charge in [-0.05, 0) is 26.8 Å². The van der Waals surface area contributed by atoms with Crippen LogP contribution in [0.15, 0.2) is 33.7 Å². The molecule has 0 bridgehead atoms. The summed E-state index contributed by atoms with van der Waals surface area (Å²) in [6.07, 6.45) is 3.21. The number of nitrogens with zero attached hydrogens (tertiary/aromatic N) is 1. The van der Waals surface area contributed by atoms with E-state index in [0.29, 0.717) is 6.42 Å². The van der Waals surface area contributed by atoms with Gasteiger partial charge in [0.25, 0.3) is 5.56 Å². The summed E-state index contributed by atoms with van der Waals surface area (Å²) in [4.78, 5) is 36.6. The molecule has 114 valence electrons. The normalized spacial score (nSPS) is 18.0. The highest BCUT2D eigenvalue weighted by molar-refractivity contribution is 5.86. The van der Waals surface area contributed by atoms with Crippen LogP contribution in [0.4, 0.5) is 0 Å². The smallest absolute Gasteiger partial charge is 0.373 e. The lowest BCUT2D eigenvalue weighted by atomic mass is 10.2. The second-order valence-corrected chi connectivity index (χ2v) is 5.81. The fourth-order valence-corrected chi connectivity index (χ4v) is 1.89. The van der Waals surface area contributed by atoms with Crippen molar-refractivity contribution in [3.8, 4) is 0 Å². The Kier molecular flexibility index (Phi) is 4.02. The van der Waals surface area contributed by atoms with E-state index in [1.165, 1.54) is 16.8 Å². The van der Waals surface area contributed by atoms with Crippen molar-refractivity contribution in [1.29, 1.82) is 0 Å². The number of nitrogens with one attached hydrogen (secondary N) is 1. The molecule has 0 aromatic carbocycles. The van der Waals surface area contributed by atoms with E-state index in [1.807, 2.05) is 0 Å². The SMILES string of the molecule is CC(C)(C)OC(=O)C1=CC[C@H](Cn2ccc(=O)[nH]c2=O)O1. The van der Waals surface area contributed by atoms with E-state index in [0.717, 1.165) is 0 Å². The van der Waals surface area contributed by atoms with Gasteiger partial charge < -0.3 is 9.47 Å². The minimum Gasteiger partial charge on any atom is -0.481 e. The van der Waals surface area contributed by atoms with E-state index in [4.69, 9.17) is 9.47 Å². The molecule has 2 rings (SSSR count). The maximum Gasteiger partial charge on any atom is 0.373 e. The van der Waals surface area contributed by atoms with Gasteiger partial charge in [-0.3, -0.25) is 14.3 Å². The third-order valence-electron chi connectivity index (χ3n) is 2.76. The summed E-state index contributed by atoms with van der Waals surface area (Å²) in [5.41, 5.74) is -1.54. The van der Waals surface area contributed by atoms with Crippen LogP contribution in [-0.2, 0) is 20.8 Å². The van der Waals surface area contributed by atoms with Crippen LogP contribution in [0, 0.1) is 0 Å². The van der Waals surface area contributed by atoms with Crippen molar-refractivity contribution in [2.45, 2.75) is 45.4 Å². The summed E-state index contributed by atoms with van der Waals surface area (Å²) in [5.74, 6) is -0.355. The fraction of sp³-hybridized carbons (Fsp3) is 0.500. The van der Waals surface area contributed by atoms with Crippen molar-refractivity contribution in [1.82, 2.24) is 9.55 Å². The summed E-state index contributed by atoms with van der Waals surface area (Å²) in [6, 6.07) is 1.26. The standard InChI is InChI=1S/C14H18N2O5/c1-14(2,3)21-12(18)10-5-4-9(20-10)8-16-7-6-11(17)15-13(16)19/h5-7,9H,4,8H2,1-3H3,(H,15,17,19)/t9-/m1/s1. The number of carbonyl (C=O) groups excluding carboxylic acids is 1. The Bertz CT molecular complexity index is 678. The number of hydrogen-bond donors (Lipinski definition) is 1. The van der Waals surface area contributed by atoms with Crippen LogP contribution in [-0.4, -0.2) is 27.2 Å². The fourth-order valence-electron chi connectivity index (χ4n) is 1.89. The topological polar surface area (TPSA) is 90.4 Å². The number of esters is 1. The first kappa shape index (κ1) is 15.1. The molecule has 21 heavy (non-hydrogen) atoms. The highest BCUT2D eigenvalue weighted by atomic mass is 16.6. The molecule has 1 N–H and O–H groups in total. The molecule has 7 heteroatoms. The van der Waals surface area contributed by atoms with E-state index >= 15 is 0 Å². The van der Waals surface area contributed by atoms with Crippen LogP contribution in [0.25, 0.3) is 0 Å². The first-order valence-corrected chi connectivity index (χ1v) is 6.64. The van der Waals surface area contributed by atoms with Gasteiger partial charge in [0.15, 0.2) is 0 Å². The summed E-state index contributed by atoms with van der Waals surface area (Å²) in [5, 5.41) is 0. The van der Waals surface area contributed by atoms with Crippen LogP contribution in [0.1, 0.15) is 27.2 Å². The minimum atomic E-state index is -0.588. The van der Waals surface area contributed by atoms with Gasteiger partial charge in [0, 0.05) is 18.7 Å². The average molecular weight is 294 g/mol. The third kappa shape index (κ3) is 4.08. The lowest BCUT2D eigenvalue weighted by Crippen LogP contribution is -2.32. The van der Waals surface area contributed by atoms with Gasteiger partial charge >= 0.3 is 11.7 Å². The quantitative estimate of drug-likeness (QED) is 0.822. The van der Waals surface area contributed by atoms with Crippen molar-refractivity contribution in [2.24, 2.45) is 0 Å². The molecule has 1 aliphatic heterocycles. The number of aromatic amines is 1. The summed E-state index contributed by atoms with van der Waals surface area (Å²) >= 11 is 0. The minimum absolute atomic E-state index is 0.160. The Balaban J connectivity index is 1.97. The maximum atomic E-state index is 11.8. The van der Waals surface area contributed by atoms with Crippen molar-refractivity contribution in [3.63, 3.8) is 0 Å². The summed E-state index contributed by atoms with van der Waals surface area (Å²) in [6.45, 7) is 5.58. The zero-order valence-corrected chi connectivity index (χ0v) is 12.2. The molecular formula is C14H18N2O5. The molecule has 1 atom stereocenters. The molecule has 0 radical (unpaired) electrons. The number of rotatable bonds is 3. The molecule has 0 spiro atoms. The van der Waals surface area contributed by atoms with Crippen molar-refractivity contribution in [3.05, 3.63) is 44.9 Å². The van der Waals surface area contributed by atoms with Gasteiger partial charge in [-0.15, -0.1) is 0 Å². The van der Waals surface area contributed by atoms with E-state index in [-0.39, 0.29) is 18.4 Å². The Hall–Kier alpha value is -2.31. The Morgan fingerprint density at radius 1 is 1.48 bits per heavy atom. The molecule has 1 aromatic rings. The largest absolute Gasteiger partial charge is 0.481 e. The first-order chi connectivity index (χ1) is 9.74. The molecule has 0 fully saturated rings. The van der Waals surface area contributed by atoms with Crippen LogP contribution < -0.4 is 11.2 Å². The highest BCUT2D eigenvalue weighted by Gasteiger charge is 2.27. The molecule has 1 aromatic heterocycles. The lowest BCUT2D eigenvalue weighted by Gasteiger charge is -2.20. The number of carbonyl (C=O) groups is 1. The predicted octanol–water partition coefficient (Wildman–Crippen LogP) is 0.551. The van der Waals surface area contributed by atoms with E-state index in [2.05, 4.69) is 4.98 Å². The number of aromatic nitrogens is 2. The third-order valence-corrected chi connectivity index (χ3v) is 2.76. The molecule has 7 nitrogen and oxygen atoms in total. The maximum absolute atomic E-state index is 11.8. The average Bonchev–Trinajstić information content (AvgIpc) is 2.79. The van der Waals surface area contributed by atoms with Gasteiger partial charge in [0.1, 0.15) is 11.7 Å². The van der Waals surface area contributed by atoms with Crippen molar-refractivity contribution < 1.29 is 14.3 Å². The Morgan fingerprint density at radius 2 is 2.19 bits per heavy atom. The second kappa shape index (κ2) is 5.59. The summed E-state index contributed by atoms with van der Waals surface area (Å²) < 4.78 is 12.0. The van der Waals surface area contributed by atoms with E-state index in [9.17, 15) is 14.4 Å². The van der Waals surface area contributed by atoms with Gasteiger partial charge in [-0.2, -0.15) is 0 Å². The van der Waals surface area contributed by atoms with Crippen molar-refractivity contribution >= 4 is 5.97 Å². The van der Waals surface area contributed by atoms with Crippen LogP contribution in [0.2, 0.25) is 0 Å². The first-order valence-electron chi connectivity index (χ1n) is 6.64. The second-order valence-electron chi connectivity index (χ2n) is 5.81. The molecule has 0 unspecified atom stereocenters. The Labute approximate surface area is 121 Å². The van der Waals surface area contributed by atoms with Crippen LogP contribution >= 0.6 is 0 Å².